The summed E-state index contributed by atoms with van der Waals surface area (Å²) in [4.78, 5) is 11.8. The van der Waals surface area contributed by atoms with Crippen LogP contribution in [0.3, 0.4) is 0 Å². The third-order valence-electron chi connectivity index (χ3n) is 2.66. The molecule has 0 aromatic heterocycles. The number of esters is 1. The maximum absolute atomic E-state index is 11.8. The number of aliphatic hydroxyl groups is 1. The van der Waals surface area contributed by atoms with Crippen molar-refractivity contribution in [3.05, 3.63) is 59.7 Å². The first-order valence-electron chi connectivity index (χ1n) is 5.82. The van der Waals surface area contributed by atoms with E-state index in [0.29, 0.717) is 5.75 Å². The summed E-state index contributed by atoms with van der Waals surface area (Å²) in [5.74, 6) is -0.617. The molecule has 2 aromatic carbocycles. The highest BCUT2D eigenvalue weighted by Crippen LogP contribution is 2.26. The third kappa shape index (κ3) is 3.11. The van der Waals surface area contributed by atoms with Gasteiger partial charge in [-0.15, -0.1) is 0 Å². The van der Waals surface area contributed by atoms with Crippen molar-refractivity contribution in [2.45, 2.75) is 13.0 Å². The molecule has 4 nitrogen and oxygen atoms in total. The molecular formula is C15H14O4. The smallest absolute Gasteiger partial charge is 0.345 e. The maximum atomic E-state index is 11.8. The van der Waals surface area contributed by atoms with Crippen molar-refractivity contribution in [2.24, 2.45) is 0 Å². The molecule has 0 radical (unpaired) electrons. The summed E-state index contributed by atoms with van der Waals surface area (Å²) in [5, 5.41) is 19.6. The summed E-state index contributed by atoms with van der Waals surface area (Å²) in [6.07, 6.45) is -1.51. The van der Waals surface area contributed by atoms with Crippen molar-refractivity contribution in [1.29, 1.82) is 0 Å². The van der Waals surface area contributed by atoms with E-state index >= 15 is 0 Å². The number of hydrogen-bond acceptors (Lipinski definition) is 4. The molecule has 4 heteroatoms. The minimum atomic E-state index is -1.51. The zero-order valence-corrected chi connectivity index (χ0v) is 10.4. The highest BCUT2D eigenvalue weighted by atomic mass is 16.5. The molecular weight excluding hydrogens is 244 g/mol. The summed E-state index contributed by atoms with van der Waals surface area (Å²) < 4.78 is 5.03. The van der Waals surface area contributed by atoms with E-state index in [2.05, 4.69) is 0 Å². The fourth-order valence-corrected chi connectivity index (χ4v) is 1.68. The molecule has 19 heavy (non-hydrogen) atoms. The molecule has 0 amide bonds. The number of benzene rings is 2. The summed E-state index contributed by atoms with van der Waals surface area (Å²) in [5.41, 5.74) is 0.972. The number of ether oxygens (including phenoxy) is 1. The number of carbonyl (C=O) groups excluding carboxylic acids is 1. The predicted molar refractivity (Wildman–Crippen MR) is 69.9 cm³/mol. The molecule has 0 spiro atoms. The number of phenols is 1. The second-order valence-corrected chi connectivity index (χ2v) is 4.20. The van der Waals surface area contributed by atoms with Crippen molar-refractivity contribution < 1.29 is 19.7 Å². The highest BCUT2D eigenvalue weighted by Gasteiger charge is 2.22. The van der Waals surface area contributed by atoms with Gasteiger partial charge in [0, 0.05) is 5.56 Å². The molecule has 0 saturated heterocycles. The van der Waals surface area contributed by atoms with Crippen LogP contribution in [0.15, 0.2) is 48.5 Å². The monoisotopic (exact) mass is 258 g/mol. The second-order valence-electron chi connectivity index (χ2n) is 4.20. The first kappa shape index (κ1) is 13.1. The zero-order chi connectivity index (χ0) is 13.8. The lowest BCUT2D eigenvalue weighted by Gasteiger charge is -2.12. The number of aliphatic hydroxyl groups excluding tert-OH is 1. The molecule has 0 aliphatic carbocycles. The Morgan fingerprint density at radius 1 is 1.16 bits per heavy atom. The zero-order valence-electron chi connectivity index (χ0n) is 10.4. The highest BCUT2D eigenvalue weighted by molar-refractivity contribution is 5.79. The second kappa shape index (κ2) is 5.54. The number of aromatic hydroxyl groups is 1. The van der Waals surface area contributed by atoms with Gasteiger partial charge >= 0.3 is 5.97 Å². The van der Waals surface area contributed by atoms with Gasteiger partial charge in [0.1, 0.15) is 11.5 Å². The summed E-state index contributed by atoms with van der Waals surface area (Å²) >= 11 is 0. The van der Waals surface area contributed by atoms with Crippen LogP contribution in [0.5, 0.6) is 11.5 Å². The van der Waals surface area contributed by atoms with E-state index in [-0.39, 0.29) is 11.3 Å². The SMILES string of the molecule is Cc1ccc(O)c(C(O)C(=O)Oc2ccccc2)c1. The molecule has 1 atom stereocenters. The van der Waals surface area contributed by atoms with Crippen LogP contribution in [-0.2, 0) is 4.79 Å². The van der Waals surface area contributed by atoms with E-state index < -0.39 is 12.1 Å². The molecule has 2 rings (SSSR count). The minimum absolute atomic E-state index is 0.136. The Morgan fingerprint density at radius 2 is 1.84 bits per heavy atom. The van der Waals surface area contributed by atoms with Crippen LogP contribution in [0.25, 0.3) is 0 Å². The molecule has 0 heterocycles. The largest absolute Gasteiger partial charge is 0.508 e. The van der Waals surface area contributed by atoms with Crippen LogP contribution in [0.4, 0.5) is 0 Å². The number of phenolic OH excluding ortho intramolecular Hbond substituents is 1. The van der Waals surface area contributed by atoms with Crippen LogP contribution >= 0.6 is 0 Å². The Labute approximate surface area is 110 Å². The van der Waals surface area contributed by atoms with E-state index in [1.165, 1.54) is 6.07 Å². The normalized spacial score (nSPS) is 11.9. The molecule has 0 fully saturated rings. The van der Waals surface area contributed by atoms with Gasteiger partial charge < -0.3 is 14.9 Å². The summed E-state index contributed by atoms with van der Waals surface area (Å²) in [6, 6.07) is 13.1. The minimum Gasteiger partial charge on any atom is -0.508 e. The molecule has 98 valence electrons. The Hall–Kier alpha value is -2.33. The lowest BCUT2D eigenvalue weighted by molar-refractivity contribution is -0.144. The van der Waals surface area contributed by atoms with E-state index in [0.717, 1.165) is 5.56 Å². The predicted octanol–water partition coefficient (Wildman–Crippen LogP) is 2.34. The Bertz CT molecular complexity index is 578. The van der Waals surface area contributed by atoms with Gasteiger partial charge in [-0.3, -0.25) is 0 Å². The van der Waals surface area contributed by atoms with E-state index in [9.17, 15) is 15.0 Å². The van der Waals surface area contributed by atoms with E-state index in [4.69, 9.17) is 4.74 Å². The standard InChI is InChI=1S/C15H14O4/c1-10-7-8-13(16)12(9-10)14(17)15(18)19-11-5-3-2-4-6-11/h2-9,14,16-17H,1H3. The molecule has 0 bridgehead atoms. The molecule has 1 unspecified atom stereocenters. The van der Waals surface area contributed by atoms with Crippen molar-refractivity contribution >= 4 is 5.97 Å². The fraction of sp³-hybridized carbons (Fsp3) is 0.133. The summed E-state index contributed by atoms with van der Waals surface area (Å²) in [7, 11) is 0. The van der Waals surface area contributed by atoms with Gasteiger partial charge in [0.25, 0.3) is 0 Å². The fourth-order valence-electron chi connectivity index (χ4n) is 1.68. The number of aryl methyl sites for hydroxylation is 1. The Balaban J connectivity index is 2.17. The molecule has 0 saturated carbocycles. The van der Waals surface area contributed by atoms with Crippen LogP contribution in [-0.4, -0.2) is 16.2 Å². The number of carbonyl (C=O) groups is 1. The molecule has 0 aliphatic heterocycles. The number of hydrogen-bond donors (Lipinski definition) is 2. The lowest BCUT2D eigenvalue weighted by Crippen LogP contribution is -2.18. The summed E-state index contributed by atoms with van der Waals surface area (Å²) in [6.45, 7) is 1.80. The molecule has 2 N–H and O–H groups in total. The van der Waals surface area contributed by atoms with Crippen molar-refractivity contribution in [3.63, 3.8) is 0 Å². The average molecular weight is 258 g/mol. The molecule has 2 aromatic rings. The van der Waals surface area contributed by atoms with Gasteiger partial charge in [-0.1, -0.05) is 29.8 Å². The number of para-hydroxylation sites is 1. The van der Waals surface area contributed by atoms with Crippen LogP contribution < -0.4 is 4.74 Å². The van der Waals surface area contributed by atoms with Crippen molar-refractivity contribution in [3.8, 4) is 11.5 Å². The lowest BCUT2D eigenvalue weighted by atomic mass is 10.1. The van der Waals surface area contributed by atoms with Gasteiger partial charge in [-0.05, 0) is 31.2 Å². The van der Waals surface area contributed by atoms with Gasteiger partial charge in [0.15, 0.2) is 6.10 Å². The van der Waals surface area contributed by atoms with Gasteiger partial charge in [0.05, 0.1) is 0 Å². The number of rotatable bonds is 3. The third-order valence-corrected chi connectivity index (χ3v) is 2.66. The Morgan fingerprint density at radius 3 is 2.53 bits per heavy atom. The molecule has 0 aliphatic rings. The average Bonchev–Trinajstić information content (AvgIpc) is 2.42. The topological polar surface area (TPSA) is 66.8 Å². The van der Waals surface area contributed by atoms with Gasteiger partial charge in [-0.2, -0.15) is 0 Å². The van der Waals surface area contributed by atoms with Crippen LogP contribution in [0, 0.1) is 6.92 Å². The maximum Gasteiger partial charge on any atom is 0.345 e. The van der Waals surface area contributed by atoms with E-state index in [1.54, 1.807) is 49.4 Å². The Kier molecular flexibility index (Phi) is 3.82. The first-order chi connectivity index (χ1) is 9.08. The van der Waals surface area contributed by atoms with Crippen LogP contribution in [0.1, 0.15) is 17.2 Å². The van der Waals surface area contributed by atoms with Crippen LogP contribution in [0.2, 0.25) is 0 Å². The first-order valence-corrected chi connectivity index (χ1v) is 5.82. The van der Waals surface area contributed by atoms with Gasteiger partial charge in [-0.25, -0.2) is 4.79 Å². The van der Waals surface area contributed by atoms with Crippen molar-refractivity contribution in [2.75, 3.05) is 0 Å². The van der Waals surface area contributed by atoms with Crippen molar-refractivity contribution in [1.82, 2.24) is 0 Å². The van der Waals surface area contributed by atoms with E-state index in [1.807, 2.05) is 0 Å². The quantitative estimate of drug-likeness (QED) is 0.655. The van der Waals surface area contributed by atoms with Gasteiger partial charge in [0.2, 0.25) is 0 Å².